The van der Waals surface area contributed by atoms with Gasteiger partial charge < -0.3 is 9.32 Å². The maximum Gasteiger partial charge on any atom is 0.254 e. The fourth-order valence-electron chi connectivity index (χ4n) is 3.18. The van der Waals surface area contributed by atoms with Crippen LogP contribution in [-0.4, -0.2) is 27.0 Å². The van der Waals surface area contributed by atoms with Gasteiger partial charge in [-0.25, -0.2) is 0 Å². The van der Waals surface area contributed by atoms with E-state index in [1.807, 2.05) is 29.2 Å². The first-order valence-corrected chi connectivity index (χ1v) is 9.38. The number of benzene rings is 2. The van der Waals surface area contributed by atoms with E-state index in [0.29, 0.717) is 30.0 Å². The number of hydrogen-bond donors (Lipinski definition) is 0. The van der Waals surface area contributed by atoms with Crippen LogP contribution in [0.4, 0.5) is 0 Å². The summed E-state index contributed by atoms with van der Waals surface area (Å²) >= 11 is 0. The topological polar surface area (TPSA) is 59.2 Å². The van der Waals surface area contributed by atoms with E-state index in [1.54, 1.807) is 0 Å². The number of carbonyl (C=O) groups excluding carboxylic acids is 1. The van der Waals surface area contributed by atoms with Crippen molar-refractivity contribution in [2.45, 2.75) is 45.2 Å². The van der Waals surface area contributed by atoms with Gasteiger partial charge in [-0.05, 0) is 54.2 Å². The molecule has 1 saturated carbocycles. The van der Waals surface area contributed by atoms with E-state index in [4.69, 9.17) is 4.42 Å². The van der Waals surface area contributed by atoms with Crippen LogP contribution in [0.2, 0.25) is 0 Å². The zero-order valence-corrected chi connectivity index (χ0v) is 15.6. The van der Waals surface area contributed by atoms with Crippen LogP contribution in [0.3, 0.4) is 0 Å². The Labute approximate surface area is 159 Å². The second kappa shape index (κ2) is 7.35. The molecule has 1 aromatic heterocycles. The number of rotatable bonds is 6. The third kappa shape index (κ3) is 3.92. The van der Waals surface area contributed by atoms with Gasteiger partial charge in [-0.15, -0.1) is 10.2 Å². The second-order valence-electron chi connectivity index (χ2n) is 7.38. The summed E-state index contributed by atoms with van der Waals surface area (Å²) in [6.07, 6.45) is 3.46. The van der Waals surface area contributed by atoms with Crippen molar-refractivity contribution in [2.75, 3.05) is 0 Å². The molecule has 5 nitrogen and oxygen atoms in total. The zero-order valence-electron chi connectivity index (χ0n) is 15.6. The summed E-state index contributed by atoms with van der Waals surface area (Å²) in [5.41, 5.74) is 3.98. The van der Waals surface area contributed by atoms with Gasteiger partial charge in [-0.1, -0.05) is 38.1 Å². The monoisotopic (exact) mass is 361 g/mol. The number of carbonyl (C=O) groups is 1. The Balaban J connectivity index is 1.51. The summed E-state index contributed by atoms with van der Waals surface area (Å²) in [4.78, 5) is 15.1. The van der Waals surface area contributed by atoms with Crippen molar-refractivity contribution in [3.8, 4) is 11.5 Å². The van der Waals surface area contributed by atoms with E-state index in [-0.39, 0.29) is 5.91 Å². The highest BCUT2D eigenvalue weighted by Crippen LogP contribution is 2.30. The zero-order chi connectivity index (χ0) is 18.8. The molecule has 0 atom stereocenters. The first-order valence-electron chi connectivity index (χ1n) is 9.38. The van der Waals surface area contributed by atoms with Crippen molar-refractivity contribution >= 4 is 5.91 Å². The smallest absolute Gasteiger partial charge is 0.254 e. The highest BCUT2D eigenvalue weighted by molar-refractivity contribution is 5.95. The molecule has 1 aliphatic rings. The van der Waals surface area contributed by atoms with Crippen LogP contribution in [0.15, 0.2) is 59.3 Å². The van der Waals surface area contributed by atoms with Crippen molar-refractivity contribution < 1.29 is 9.21 Å². The van der Waals surface area contributed by atoms with Gasteiger partial charge in [0.15, 0.2) is 0 Å². The van der Waals surface area contributed by atoms with Crippen LogP contribution in [0.1, 0.15) is 54.1 Å². The highest BCUT2D eigenvalue weighted by atomic mass is 16.4. The van der Waals surface area contributed by atoms with Crippen LogP contribution in [0, 0.1) is 0 Å². The normalized spacial score (nSPS) is 13.7. The average molecular weight is 361 g/mol. The third-order valence-electron chi connectivity index (χ3n) is 4.99. The minimum atomic E-state index is 0.0718. The highest BCUT2D eigenvalue weighted by Gasteiger charge is 2.33. The lowest BCUT2D eigenvalue weighted by Crippen LogP contribution is -2.32. The quantitative estimate of drug-likeness (QED) is 0.640. The van der Waals surface area contributed by atoms with E-state index >= 15 is 0 Å². The molecule has 3 aromatic rings. The van der Waals surface area contributed by atoms with Crippen molar-refractivity contribution in [1.29, 1.82) is 0 Å². The van der Waals surface area contributed by atoms with Crippen molar-refractivity contribution in [3.63, 3.8) is 0 Å². The van der Waals surface area contributed by atoms with Gasteiger partial charge in [0, 0.05) is 23.7 Å². The van der Waals surface area contributed by atoms with Crippen LogP contribution in [0.25, 0.3) is 11.5 Å². The second-order valence-corrected chi connectivity index (χ2v) is 7.38. The Morgan fingerprint density at radius 1 is 1.11 bits per heavy atom. The molecular formula is C22H23N3O2. The van der Waals surface area contributed by atoms with Crippen LogP contribution < -0.4 is 0 Å². The minimum Gasteiger partial charge on any atom is -0.423 e. The predicted molar refractivity (Wildman–Crippen MR) is 103 cm³/mol. The summed E-state index contributed by atoms with van der Waals surface area (Å²) in [5, 5.41) is 7.59. The first-order chi connectivity index (χ1) is 13.1. The van der Waals surface area contributed by atoms with E-state index in [9.17, 15) is 4.79 Å². The molecule has 0 N–H and O–H groups in total. The Morgan fingerprint density at radius 3 is 2.37 bits per heavy atom. The van der Waals surface area contributed by atoms with E-state index in [2.05, 4.69) is 48.3 Å². The molecule has 5 heteroatoms. The number of aromatic nitrogens is 2. The fraction of sp³-hybridized carbons (Fsp3) is 0.318. The molecule has 2 aromatic carbocycles. The largest absolute Gasteiger partial charge is 0.423 e. The maximum atomic E-state index is 13.1. The van der Waals surface area contributed by atoms with Gasteiger partial charge in [-0.2, -0.15) is 0 Å². The molecule has 0 spiro atoms. The Hall–Kier alpha value is -2.95. The molecule has 0 unspecified atom stereocenters. The molecule has 1 aliphatic carbocycles. The molecule has 4 rings (SSSR count). The van der Waals surface area contributed by atoms with Crippen LogP contribution in [0.5, 0.6) is 0 Å². The SMILES string of the molecule is CC(C)c1ccc(CN(C(=O)c2ccc(-c3nnco3)cc2)C2CC2)cc1. The predicted octanol–water partition coefficient (Wildman–Crippen LogP) is 4.66. The maximum absolute atomic E-state index is 13.1. The number of amides is 1. The molecule has 1 amide bonds. The Morgan fingerprint density at radius 2 is 1.81 bits per heavy atom. The van der Waals surface area contributed by atoms with Crippen molar-refractivity contribution in [1.82, 2.24) is 15.1 Å². The molecule has 0 radical (unpaired) electrons. The molecule has 138 valence electrons. The lowest BCUT2D eigenvalue weighted by atomic mass is 10.0. The standard InChI is InChI=1S/C22H23N3O2/c1-15(2)17-5-3-16(4-6-17)13-25(20-11-12-20)22(26)19-9-7-18(8-10-19)21-24-23-14-27-21/h3-10,14-15,20H,11-13H2,1-2H3. The summed E-state index contributed by atoms with van der Waals surface area (Å²) in [7, 11) is 0. The summed E-state index contributed by atoms with van der Waals surface area (Å²) in [6.45, 7) is 5.02. The Bertz CT molecular complexity index is 896. The molecule has 27 heavy (non-hydrogen) atoms. The average Bonchev–Trinajstić information content (AvgIpc) is 3.39. The summed E-state index contributed by atoms with van der Waals surface area (Å²) in [6, 6.07) is 16.3. The van der Waals surface area contributed by atoms with Crippen molar-refractivity contribution in [3.05, 3.63) is 71.6 Å². The molecule has 0 saturated heterocycles. The first kappa shape index (κ1) is 17.5. The van der Waals surface area contributed by atoms with Crippen LogP contribution in [-0.2, 0) is 6.54 Å². The van der Waals surface area contributed by atoms with E-state index in [0.717, 1.165) is 18.4 Å². The van der Waals surface area contributed by atoms with Gasteiger partial charge in [0.2, 0.25) is 12.3 Å². The molecule has 0 aliphatic heterocycles. The fourth-order valence-corrected chi connectivity index (χ4v) is 3.18. The molecule has 1 heterocycles. The molecule has 1 fully saturated rings. The van der Waals surface area contributed by atoms with Crippen LogP contribution >= 0.6 is 0 Å². The lowest BCUT2D eigenvalue weighted by Gasteiger charge is -2.23. The van der Waals surface area contributed by atoms with E-state index < -0.39 is 0 Å². The lowest BCUT2D eigenvalue weighted by molar-refractivity contribution is 0.0730. The Kier molecular flexibility index (Phi) is 4.75. The number of hydrogen-bond acceptors (Lipinski definition) is 4. The molecular weight excluding hydrogens is 338 g/mol. The van der Waals surface area contributed by atoms with Crippen molar-refractivity contribution in [2.24, 2.45) is 0 Å². The van der Waals surface area contributed by atoms with Gasteiger partial charge >= 0.3 is 0 Å². The van der Waals surface area contributed by atoms with Gasteiger partial charge in [-0.3, -0.25) is 4.79 Å². The summed E-state index contributed by atoms with van der Waals surface area (Å²) in [5.74, 6) is 1.04. The van der Waals surface area contributed by atoms with Gasteiger partial charge in [0.25, 0.3) is 5.91 Å². The third-order valence-corrected chi connectivity index (χ3v) is 4.99. The molecule has 0 bridgehead atoms. The van der Waals surface area contributed by atoms with E-state index in [1.165, 1.54) is 17.5 Å². The summed E-state index contributed by atoms with van der Waals surface area (Å²) < 4.78 is 5.20. The van der Waals surface area contributed by atoms with Gasteiger partial charge in [0.05, 0.1) is 0 Å². The van der Waals surface area contributed by atoms with Gasteiger partial charge in [0.1, 0.15) is 0 Å². The number of nitrogens with zero attached hydrogens (tertiary/aromatic N) is 3. The minimum absolute atomic E-state index is 0.0718.